The smallest absolute Gasteiger partial charge is 0.339 e. The van der Waals surface area contributed by atoms with Gasteiger partial charge in [0.25, 0.3) is 5.91 Å². The van der Waals surface area contributed by atoms with Gasteiger partial charge in [-0.1, -0.05) is 6.92 Å². The van der Waals surface area contributed by atoms with E-state index in [4.69, 9.17) is 4.74 Å². The molecule has 0 spiro atoms. The summed E-state index contributed by atoms with van der Waals surface area (Å²) in [6.45, 7) is 7.25. The first kappa shape index (κ1) is 19.7. The molecule has 1 aromatic rings. The Morgan fingerprint density at radius 3 is 2.29 bits per heavy atom. The molecule has 0 bridgehead atoms. The molecule has 0 atom stereocenters. The van der Waals surface area contributed by atoms with Gasteiger partial charge in [0.05, 0.1) is 19.8 Å². The highest BCUT2D eigenvalue weighted by Crippen LogP contribution is 2.21. The number of aromatic amines is 1. The predicted molar refractivity (Wildman–Crippen MR) is 89.0 cm³/mol. The number of esters is 2. The molecule has 2 N–H and O–H groups in total. The van der Waals surface area contributed by atoms with Crippen LogP contribution < -0.4 is 5.32 Å². The van der Waals surface area contributed by atoms with E-state index in [0.717, 1.165) is 0 Å². The molecule has 7 heteroatoms. The van der Waals surface area contributed by atoms with Crippen LogP contribution in [-0.4, -0.2) is 42.6 Å². The highest BCUT2D eigenvalue weighted by molar-refractivity contribution is 6.00. The summed E-state index contributed by atoms with van der Waals surface area (Å²) in [5.74, 6) is -1.12. The molecular formula is C17H26N2O5. The zero-order chi connectivity index (χ0) is 18.5. The summed E-state index contributed by atoms with van der Waals surface area (Å²) in [6.07, 6.45) is 1.22. The van der Waals surface area contributed by atoms with E-state index in [1.165, 1.54) is 14.2 Å². The molecule has 1 amide bonds. The number of methoxy groups -OCH3 is 2. The van der Waals surface area contributed by atoms with E-state index in [-0.39, 0.29) is 18.3 Å². The maximum atomic E-state index is 12.6. The second-order valence-corrected chi connectivity index (χ2v) is 6.24. The van der Waals surface area contributed by atoms with Gasteiger partial charge >= 0.3 is 11.9 Å². The van der Waals surface area contributed by atoms with Crippen molar-refractivity contribution in [3.05, 3.63) is 22.5 Å². The van der Waals surface area contributed by atoms with E-state index in [1.807, 2.05) is 20.8 Å². The average Bonchev–Trinajstić information content (AvgIpc) is 2.88. The third-order valence-electron chi connectivity index (χ3n) is 3.93. The lowest BCUT2D eigenvalue weighted by Crippen LogP contribution is -2.44. The molecule has 134 valence electrons. The van der Waals surface area contributed by atoms with Crippen LogP contribution in [0, 0.1) is 6.92 Å². The van der Waals surface area contributed by atoms with Crippen molar-refractivity contribution in [3.8, 4) is 0 Å². The fourth-order valence-corrected chi connectivity index (χ4v) is 2.48. The zero-order valence-corrected chi connectivity index (χ0v) is 15.2. The van der Waals surface area contributed by atoms with Gasteiger partial charge in [0.15, 0.2) is 0 Å². The lowest BCUT2D eigenvalue weighted by Gasteiger charge is -2.25. The summed E-state index contributed by atoms with van der Waals surface area (Å²) in [7, 11) is 2.64. The Hall–Kier alpha value is -2.31. The Kier molecular flexibility index (Phi) is 6.57. The van der Waals surface area contributed by atoms with Crippen LogP contribution in [0.3, 0.4) is 0 Å². The van der Waals surface area contributed by atoms with Gasteiger partial charge in [-0.3, -0.25) is 9.59 Å². The molecule has 24 heavy (non-hydrogen) atoms. The Balaban J connectivity index is 2.97. The zero-order valence-electron chi connectivity index (χ0n) is 15.2. The summed E-state index contributed by atoms with van der Waals surface area (Å²) < 4.78 is 9.41. The molecule has 0 radical (unpaired) electrons. The largest absolute Gasteiger partial charge is 0.469 e. The van der Waals surface area contributed by atoms with Crippen LogP contribution in [0.4, 0.5) is 0 Å². The molecular weight excluding hydrogens is 312 g/mol. The number of carbonyl (C=O) groups excluding carboxylic acids is 3. The van der Waals surface area contributed by atoms with Crippen LogP contribution in [0.25, 0.3) is 0 Å². The van der Waals surface area contributed by atoms with Crippen LogP contribution >= 0.6 is 0 Å². The highest BCUT2D eigenvalue weighted by atomic mass is 16.5. The van der Waals surface area contributed by atoms with Crippen molar-refractivity contribution in [1.29, 1.82) is 0 Å². The quantitative estimate of drug-likeness (QED) is 0.742. The van der Waals surface area contributed by atoms with Crippen molar-refractivity contribution in [2.24, 2.45) is 0 Å². The molecule has 1 heterocycles. The molecule has 0 aliphatic heterocycles. The van der Waals surface area contributed by atoms with Crippen molar-refractivity contribution in [3.63, 3.8) is 0 Å². The van der Waals surface area contributed by atoms with Crippen molar-refractivity contribution >= 4 is 17.8 Å². The number of carbonyl (C=O) groups is 3. The first-order valence-electron chi connectivity index (χ1n) is 7.85. The van der Waals surface area contributed by atoms with Gasteiger partial charge in [0.1, 0.15) is 5.69 Å². The number of hydrogen-bond donors (Lipinski definition) is 2. The van der Waals surface area contributed by atoms with Gasteiger partial charge in [0, 0.05) is 17.7 Å². The van der Waals surface area contributed by atoms with Gasteiger partial charge in [-0.15, -0.1) is 0 Å². The second-order valence-electron chi connectivity index (χ2n) is 6.24. The summed E-state index contributed by atoms with van der Waals surface area (Å²) in [5.41, 5.74) is 1.36. The average molecular weight is 338 g/mol. The van der Waals surface area contributed by atoms with Crippen molar-refractivity contribution in [2.45, 2.75) is 52.5 Å². The summed E-state index contributed by atoms with van der Waals surface area (Å²) in [4.78, 5) is 38.8. The Labute approximate surface area is 142 Å². The molecule has 0 aliphatic rings. The minimum Gasteiger partial charge on any atom is -0.469 e. The number of aromatic nitrogens is 1. The van der Waals surface area contributed by atoms with Crippen LogP contribution in [0.2, 0.25) is 0 Å². The summed E-state index contributed by atoms with van der Waals surface area (Å²) in [5, 5.41) is 2.88. The number of rotatable bonds is 7. The van der Waals surface area contributed by atoms with E-state index in [0.29, 0.717) is 35.4 Å². The molecule has 0 saturated carbocycles. The highest BCUT2D eigenvalue weighted by Gasteiger charge is 2.27. The van der Waals surface area contributed by atoms with Crippen LogP contribution in [0.1, 0.15) is 65.7 Å². The van der Waals surface area contributed by atoms with E-state index in [2.05, 4.69) is 15.0 Å². The Morgan fingerprint density at radius 2 is 1.79 bits per heavy atom. The lowest BCUT2D eigenvalue weighted by atomic mass is 9.98. The second kappa shape index (κ2) is 7.99. The lowest BCUT2D eigenvalue weighted by molar-refractivity contribution is -0.141. The first-order valence-corrected chi connectivity index (χ1v) is 7.85. The van der Waals surface area contributed by atoms with E-state index in [1.54, 1.807) is 6.92 Å². The summed E-state index contributed by atoms with van der Waals surface area (Å²) in [6, 6.07) is 0. The van der Waals surface area contributed by atoms with Gasteiger partial charge in [-0.05, 0) is 39.2 Å². The van der Waals surface area contributed by atoms with Gasteiger partial charge in [-0.2, -0.15) is 0 Å². The maximum Gasteiger partial charge on any atom is 0.339 e. The topological polar surface area (TPSA) is 97.5 Å². The maximum absolute atomic E-state index is 12.6. The molecule has 0 aromatic carbocycles. The first-order chi connectivity index (χ1) is 11.2. The van der Waals surface area contributed by atoms with Crippen molar-refractivity contribution < 1.29 is 23.9 Å². The van der Waals surface area contributed by atoms with Crippen molar-refractivity contribution in [1.82, 2.24) is 10.3 Å². The molecule has 1 rings (SSSR count). The summed E-state index contributed by atoms with van der Waals surface area (Å²) >= 11 is 0. The number of ether oxygens (including phenoxy) is 2. The third-order valence-corrected chi connectivity index (χ3v) is 3.93. The number of hydrogen-bond acceptors (Lipinski definition) is 5. The van der Waals surface area contributed by atoms with E-state index < -0.39 is 11.5 Å². The standard InChI is InChI=1S/C17H26N2O5/c1-7-11-13(16(22)24-6)10(2)14(18-11)15(21)19-17(3,4)9-8-12(20)23-5/h18H,7-9H2,1-6H3,(H,19,21). The predicted octanol–water partition coefficient (Wildman–Crippen LogP) is 2.13. The van der Waals surface area contributed by atoms with Crippen molar-refractivity contribution in [2.75, 3.05) is 14.2 Å². The van der Waals surface area contributed by atoms with Crippen LogP contribution in [-0.2, 0) is 20.7 Å². The van der Waals surface area contributed by atoms with Crippen LogP contribution in [0.15, 0.2) is 0 Å². The minimum atomic E-state index is -0.597. The monoisotopic (exact) mass is 338 g/mol. The fourth-order valence-electron chi connectivity index (χ4n) is 2.48. The van der Waals surface area contributed by atoms with E-state index >= 15 is 0 Å². The number of amides is 1. The molecule has 7 nitrogen and oxygen atoms in total. The van der Waals surface area contributed by atoms with Gasteiger partial charge in [0.2, 0.25) is 0 Å². The third kappa shape index (κ3) is 4.59. The Morgan fingerprint density at radius 1 is 1.17 bits per heavy atom. The molecule has 1 aromatic heterocycles. The fraction of sp³-hybridized carbons (Fsp3) is 0.588. The minimum absolute atomic E-state index is 0.209. The van der Waals surface area contributed by atoms with Gasteiger partial charge < -0.3 is 19.8 Å². The van der Waals surface area contributed by atoms with Crippen LogP contribution in [0.5, 0.6) is 0 Å². The normalized spacial score (nSPS) is 11.1. The Bertz CT molecular complexity index is 631. The van der Waals surface area contributed by atoms with E-state index in [9.17, 15) is 14.4 Å². The number of nitrogens with one attached hydrogen (secondary N) is 2. The number of H-pyrrole nitrogens is 1. The van der Waals surface area contributed by atoms with Gasteiger partial charge in [-0.25, -0.2) is 4.79 Å². The molecule has 0 unspecified atom stereocenters. The molecule has 0 aliphatic carbocycles. The molecule has 0 fully saturated rings. The number of aryl methyl sites for hydroxylation is 1. The molecule has 0 saturated heterocycles. The SMILES string of the molecule is CCc1[nH]c(C(=O)NC(C)(C)CCC(=O)OC)c(C)c1C(=O)OC.